The van der Waals surface area contributed by atoms with Crippen molar-refractivity contribution in [3.05, 3.63) is 21.9 Å². The van der Waals surface area contributed by atoms with Gasteiger partial charge in [-0.2, -0.15) is 0 Å². The number of aliphatic imine (C=N–C) groups is 1. The van der Waals surface area contributed by atoms with Crippen LogP contribution in [-0.2, 0) is 17.8 Å². The molecule has 1 amide bonds. The molecule has 0 atom stereocenters. The first-order chi connectivity index (χ1) is 13.5. The molecule has 0 unspecified atom stereocenters. The number of carbonyl (C=O) groups is 1. The molecular formula is C21H36IN5OS. The van der Waals surface area contributed by atoms with Crippen LogP contribution in [0.25, 0.3) is 0 Å². The van der Waals surface area contributed by atoms with Crippen LogP contribution in [0.15, 0.2) is 16.4 Å². The van der Waals surface area contributed by atoms with E-state index in [9.17, 15) is 4.79 Å². The van der Waals surface area contributed by atoms with E-state index in [0.29, 0.717) is 6.54 Å². The number of rotatable bonds is 7. The summed E-state index contributed by atoms with van der Waals surface area (Å²) < 4.78 is 0. The van der Waals surface area contributed by atoms with Gasteiger partial charge in [-0.15, -0.1) is 35.3 Å². The highest BCUT2D eigenvalue weighted by atomic mass is 127. The minimum atomic E-state index is -0.311. The van der Waals surface area contributed by atoms with Crippen molar-refractivity contribution in [3.63, 3.8) is 0 Å². The van der Waals surface area contributed by atoms with Gasteiger partial charge in [-0.3, -0.25) is 14.7 Å². The molecule has 2 heterocycles. The number of thiophene rings is 1. The SMILES string of the molecule is CCNC(=NCC1(C(=O)N(C)C)CCCC1)NCCN1CCc2sccc2C1.I. The number of nitrogens with one attached hydrogen (secondary N) is 2. The molecule has 0 spiro atoms. The lowest BCUT2D eigenvalue weighted by Gasteiger charge is -2.29. The van der Waals surface area contributed by atoms with Crippen LogP contribution in [0, 0.1) is 5.41 Å². The number of guanidine groups is 1. The van der Waals surface area contributed by atoms with E-state index < -0.39 is 0 Å². The Hall–Kier alpha value is -0.870. The summed E-state index contributed by atoms with van der Waals surface area (Å²) in [6.07, 6.45) is 5.31. The molecule has 0 bridgehead atoms. The van der Waals surface area contributed by atoms with E-state index in [4.69, 9.17) is 4.99 Å². The van der Waals surface area contributed by atoms with Crippen LogP contribution < -0.4 is 10.6 Å². The van der Waals surface area contributed by atoms with E-state index in [1.54, 1.807) is 9.78 Å². The normalized spacial score (nSPS) is 18.7. The summed E-state index contributed by atoms with van der Waals surface area (Å²) in [5.74, 6) is 1.05. The summed E-state index contributed by atoms with van der Waals surface area (Å²) in [7, 11) is 3.71. The van der Waals surface area contributed by atoms with Gasteiger partial charge in [-0.25, -0.2) is 0 Å². The fourth-order valence-electron chi connectivity index (χ4n) is 4.37. The zero-order valence-electron chi connectivity index (χ0n) is 18.0. The Balaban J connectivity index is 0.00000300. The molecule has 1 aliphatic carbocycles. The molecule has 1 aromatic heterocycles. The largest absolute Gasteiger partial charge is 0.357 e. The molecule has 3 rings (SSSR count). The summed E-state index contributed by atoms with van der Waals surface area (Å²) in [5.41, 5.74) is 1.18. The number of nitrogens with zero attached hydrogens (tertiary/aromatic N) is 3. The maximum atomic E-state index is 12.7. The van der Waals surface area contributed by atoms with Gasteiger partial charge in [0, 0.05) is 51.7 Å². The highest BCUT2D eigenvalue weighted by Crippen LogP contribution is 2.39. The van der Waals surface area contributed by atoms with E-state index in [1.165, 1.54) is 5.56 Å². The zero-order chi connectivity index (χ0) is 20.0. The molecule has 0 radical (unpaired) electrons. The van der Waals surface area contributed by atoms with Gasteiger partial charge in [-0.05, 0) is 43.2 Å². The van der Waals surface area contributed by atoms with Crippen molar-refractivity contribution < 1.29 is 4.79 Å². The molecule has 1 aliphatic heterocycles. The third-order valence-corrected chi connectivity index (χ3v) is 6.93. The van der Waals surface area contributed by atoms with E-state index in [-0.39, 0.29) is 35.3 Å². The number of halogens is 1. The lowest BCUT2D eigenvalue weighted by atomic mass is 9.85. The molecule has 0 aromatic carbocycles. The van der Waals surface area contributed by atoms with E-state index in [2.05, 4.69) is 33.9 Å². The minimum absolute atomic E-state index is 0. The fourth-order valence-corrected chi connectivity index (χ4v) is 5.26. The maximum absolute atomic E-state index is 12.7. The highest BCUT2D eigenvalue weighted by Gasteiger charge is 2.42. The quantitative estimate of drug-likeness (QED) is 0.322. The van der Waals surface area contributed by atoms with Gasteiger partial charge in [0.25, 0.3) is 0 Å². The predicted octanol–water partition coefficient (Wildman–Crippen LogP) is 2.93. The van der Waals surface area contributed by atoms with Crippen LogP contribution >= 0.6 is 35.3 Å². The van der Waals surface area contributed by atoms with Crippen molar-refractivity contribution in [1.29, 1.82) is 0 Å². The molecule has 1 aromatic rings. The summed E-state index contributed by atoms with van der Waals surface area (Å²) in [4.78, 5) is 23.3. The number of carbonyl (C=O) groups excluding carboxylic acids is 1. The lowest BCUT2D eigenvalue weighted by Crippen LogP contribution is -2.44. The van der Waals surface area contributed by atoms with Crippen molar-refractivity contribution in [1.82, 2.24) is 20.4 Å². The smallest absolute Gasteiger partial charge is 0.230 e. The number of hydrogen-bond acceptors (Lipinski definition) is 4. The first-order valence-electron chi connectivity index (χ1n) is 10.6. The Morgan fingerprint density at radius 1 is 1.31 bits per heavy atom. The van der Waals surface area contributed by atoms with Crippen LogP contribution in [0.4, 0.5) is 0 Å². The Bertz CT molecular complexity index is 684. The molecule has 29 heavy (non-hydrogen) atoms. The average molecular weight is 534 g/mol. The zero-order valence-corrected chi connectivity index (χ0v) is 21.1. The summed E-state index contributed by atoms with van der Waals surface area (Å²) in [5, 5.41) is 9.01. The Morgan fingerprint density at radius 2 is 2.07 bits per heavy atom. The van der Waals surface area contributed by atoms with Gasteiger partial charge < -0.3 is 15.5 Å². The summed E-state index contributed by atoms with van der Waals surface area (Å²) in [6, 6.07) is 2.26. The van der Waals surface area contributed by atoms with Crippen LogP contribution in [0.5, 0.6) is 0 Å². The van der Waals surface area contributed by atoms with Gasteiger partial charge in [0.1, 0.15) is 0 Å². The summed E-state index contributed by atoms with van der Waals surface area (Å²) >= 11 is 1.88. The molecule has 1 fully saturated rings. The molecular weight excluding hydrogens is 497 g/mol. The number of hydrogen-bond donors (Lipinski definition) is 2. The first-order valence-corrected chi connectivity index (χ1v) is 11.4. The van der Waals surface area contributed by atoms with Gasteiger partial charge in [-0.1, -0.05) is 12.8 Å². The van der Waals surface area contributed by atoms with Crippen molar-refractivity contribution in [3.8, 4) is 0 Å². The fraction of sp³-hybridized carbons (Fsp3) is 0.714. The number of fused-ring (bicyclic) bond motifs is 1. The summed E-state index contributed by atoms with van der Waals surface area (Å²) in [6.45, 7) is 7.51. The predicted molar refractivity (Wildman–Crippen MR) is 132 cm³/mol. The van der Waals surface area contributed by atoms with Gasteiger partial charge in [0.05, 0.1) is 12.0 Å². The first kappa shape index (κ1) is 24.4. The maximum Gasteiger partial charge on any atom is 0.230 e. The van der Waals surface area contributed by atoms with Crippen molar-refractivity contribution in [2.75, 3.05) is 46.8 Å². The molecule has 6 nitrogen and oxygen atoms in total. The van der Waals surface area contributed by atoms with Crippen LogP contribution in [0.2, 0.25) is 0 Å². The molecule has 1 saturated carbocycles. The Labute approximate surface area is 196 Å². The topological polar surface area (TPSA) is 60.0 Å². The van der Waals surface area contributed by atoms with Crippen molar-refractivity contribution >= 4 is 47.2 Å². The van der Waals surface area contributed by atoms with Crippen molar-refractivity contribution in [2.24, 2.45) is 10.4 Å². The van der Waals surface area contributed by atoms with Gasteiger partial charge in [0.15, 0.2) is 5.96 Å². The minimum Gasteiger partial charge on any atom is -0.357 e. The molecule has 2 N–H and O–H groups in total. The molecule has 8 heteroatoms. The Morgan fingerprint density at radius 3 is 2.76 bits per heavy atom. The molecule has 2 aliphatic rings. The standard InChI is InChI=1S/C21H35N5OS.HI/c1-4-22-20(24-16-21(9-5-6-10-21)19(27)25(2)3)23-11-13-26-12-7-18-17(15-26)8-14-28-18;/h8,14H,4-7,9-13,15-16H2,1-3H3,(H2,22,23,24);1H. The van der Waals surface area contributed by atoms with E-state index >= 15 is 0 Å². The van der Waals surface area contributed by atoms with Crippen molar-refractivity contribution in [2.45, 2.75) is 45.6 Å². The third kappa shape index (κ3) is 6.30. The monoisotopic (exact) mass is 533 g/mol. The lowest BCUT2D eigenvalue weighted by molar-refractivity contribution is -0.138. The Kier molecular flexibility index (Phi) is 9.68. The second-order valence-corrected chi connectivity index (χ2v) is 9.20. The average Bonchev–Trinajstić information content (AvgIpc) is 3.35. The van der Waals surface area contributed by atoms with Gasteiger partial charge in [0.2, 0.25) is 5.91 Å². The second-order valence-electron chi connectivity index (χ2n) is 8.20. The number of amides is 1. The third-order valence-electron chi connectivity index (χ3n) is 5.91. The van der Waals surface area contributed by atoms with Crippen LogP contribution in [-0.4, -0.2) is 68.5 Å². The molecule has 0 saturated heterocycles. The second kappa shape index (κ2) is 11.5. The van der Waals surface area contributed by atoms with Crippen LogP contribution in [0.3, 0.4) is 0 Å². The van der Waals surface area contributed by atoms with Crippen LogP contribution in [0.1, 0.15) is 43.0 Å². The van der Waals surface area contributed by atoms with Gasteiger partial charge >= 0.3 is 0 Å². The molecule has 164 valence electrons. The van der Waals surface area contributed by atoms with E-state index in [0.717, 1.165) is 70.8 Å². The highest BCUT2D eigenvalue weighted by molar-refractivity contribution is 14.0. The van der Waals surface area contributed by atoms with E-state index in [1.807, 2.05) is 25.4 Å².